The molecule has 1 N–H and O–H groups in total. The molecule has 3 nitrogen and oxygen atoms in total. The standard InChI is InChI=1S/C10H23NO2/c1-4-10(5-7-12-2)9-11-6-8-13-3/h10-11H,4-9H2,1-3H3. The molecule has 1 unspecified atom stereocenters. The molecule has 0 aliphatic heterocycles. The molecule has 0 radical (unpaired) electrons. The Morgan fingerprint density at radius 3 is 2.38 bits per heavy atom. The average molecular weight is 189 g/mol. The predicted octanol–water partition coefficient (Wildman–Crippen LogP) is 1.29. The van der Waals surface area contributed by atoms with E-state index in [-0.39, 0.29) is 0 Å². The molecule has 0 saturated carbocycles. The Labute approximate surface area is 81.8 Å². The summed E-state index contributed by atoms with van der Waals surface area (Å²) in [4.78, 5) is 0. The fraction of sp³-hybridized carbons (Fsp3) is 1.00. The fourth-order valence-electron chi connectivity index (χ4n) is 1.22. The van der Waals surface area contributed by atoms with E-state index in [1.54, 1.807) is 14.2 Å². The number of methoxy groups -OCH3 is 2. The Morgan fingerprint density at radius 2 is 1.85 bits per heavy atom. The van der Waals surface area contributed by atoms with E-state index in [0.717, 1.165) is 38.6 Å². The van der Waals surface area contributed by atoms with Crippen LogP contribution in [-0.4, -0.2) is 40.5 Å². The second kappa shape index (κ2) is 9.96. The molecule has 0 spiro atoms. The van der Waals surface area contributed by atoms with E-state index in [9.17, 15) is 0 Å². The van der Waals surface area contributed by atoms with Gasteiger partial charge in [-0.2, -0.15) is 0 Å². The lowest BCUT2D eigenvalue weighted by Crippen LogP contribution is -2.26. The molecule has 13 heavy (non-hydrogen) atoms. The highest BCUT2D eigenvalue weighted by Gasteiger charge is 2.04. The van der Waals surface area contributed by atoms with Gasteiger partial charge >= 0.3 is 0 Å². The highest BCUT2D eigenvalue weighted by molar-refractivity contribution is 4.60. The van der Waals surface area contributed by atoms with E-state index in [0.29, 0.717) is 0 Å². The van der Waals surface area contributed by atoms with Crippen LogP contribution in [0.3, 0.4) is 0 Å². The van der Waals surface area contributed by atoms with Gasteiger partial charge in [-0.05, 0) is 18.9 Å². The summed E-state index contributed by atoms with van der Waals surface area (Å²) in [6.45, 7) is 5.90. The molecule has 1 atom stereocenters. The van der Waals surface area contributed by atoms with Gasteiger partial charge in [0.25, 0.3) is 0 Å². The van der Waals surface area contributed by atoms with Gasteiger partial charge in [-0.15, -0.1) is 0 Å². The van der Waals surface area contributed by atoms with Crippen molar-refractivity contribution in [2.24, 2.45) is 5.92 Å². The fourth-order valence-corrected chi connectivity index (χ4v) is 1.22. The minimum atomic E-state index is 0.733. The molecule has 0 aromatic heterocycles. The summed E-state index contributed by atoms with van der Waals surface area (Å²) < 4.78 is 10.0. The SMILES string of the molecule is CCC(CCOC)CNCCOC. The van der Waals surface area contributed by atoms with Crippen molar-refractivity contribution < 1.29 is 9.47 Å². The molecule has 80 valence electrons. The molecule has 0 aliphatic rings. The van der Waals surface area contributed by atoms with Gasteiger partial charge < -0.3 is 14.8 Å². The van der Waals surface area contributed by atoms with Gasteiger partial charge in [-0.25, -0.2) is 0 Å². The lowest BCUT2D eigenvalue weighted by atomic mass is 10.0. The number of hydrogen-bond donors (Lipinski definition) is 1. The highest BCUT2D eigenvalue weighted by atomic mass is 16.5. The first-order valence-electron chi connectivity index (χ1n) is 5.03. The molecule has 0 bridgehead atoms. The van der Waals surface area contributed by atoms with Gasteiger partial charge in [0.15, 0.2) is 0 Å². The zero-order valence-electron chi connectivity index (χ0n) is 9.14. The molecule has 3 heteroatoms. The average Bonchev–Trinajstić information content (AvgIpc) is 2.17. The van der Waals surface area contributed by atoms with Gasteiger partial charge in [0.05, 0.1) is 6.61 Å². The van der Waals surface area contributed by atoms with Crippen LogP contribution >= 0.6 is 0 Å². The maximum atomic E-state index is 5.05. The lowest BCUT2D eigenvalue weighted by Gasteiger charge is -2.14. The number of hydrogen-bond acceptors (Lipinski definition) is 3. The molecular formula is C10H23NO2. The van der Waals surface area contributed by atoms with Crippen molar-refractivity contribution in [3.8, 4) is 0 Å². The van der Waals surface area contributed by atoms with Crippen molar-refractivity contribution in [1.29, 1.82) is 0 Å². The van der Waals surface area contributed by atoms with Crippen molar-refractivity contribution in [3.05, 3.63) is 0 Å². The largest absolute Gasteiger partial charge is 0.385 e. The Bertz CT molecular complexity index is 98.9. The maximum Gasteiger partial charge on any atom is 0.0587 e. The van der Waals surface area contributed by atoms with Crippen LogP contribution in [0.1, 0.15) is 19.8 Å². The van der Waals surface area contributed by atoms with Crippen LogP contribution in [0.15, 0.2) is 0 Å². The first-order valence-corrected chi connectivity index (χ1v) is 5.03. The van der Waals surface area contributed by atoms with Crippen LogP contribution in [0.25, 0.3) is 0 Å². The Hall–Kier alpha value is -0.120. The molecule has 0 rings (SSSR count). The molecule has 0 saturated heterocycles. The van der Waals surface area contributed by atoms with Gasteiger partial charge in [0.1, 0.15) is 0 Å². The number of ether oxygens (including phenoxy) is 2. The van der Waals surface area contributed by atoms with Crippen LogP contribution in [-0.2, 0) is 9.47 Å². The van der Waals surface area contributed by atoms with E-state index in [1.165, 1.54) is 6.42 Å². The first-order chi connectivity index (χ1) is 6.35. The lowest BCUT2D eigenvalue weighted by molar-refractivity contribution is 0.171. The Balaban J connectivity index is 3.25. The quantitative estimate of drug-likeness (QED) is 0.554. The summed E-state index contributed by atoms with van der Waals surface area (Å²) in [6, 6.07) is 0. The van der Waals surface area contributed by atoms with Crippen LogP contribution in [0.4, 0.5) is 0 Å². The molecule has 0 heterocycles. The normalized spacial score (nSPS) is 13.2. The Kier molecular flexibility index (Phi) is 9.87. The third-order valence-corrected chi connectivity index (χ3v) is 2.22. The molecule has 0 amide bonds. The number of rotatable bonds is 9. The summed E-state index contributed by atoms with van der Waals surface area (Å²) in [5, 5.41) is 3.37. The third kappa shape index (κ3) is 8.22. The summed E-state index contributed by atoms with van der Waals surface area (Å²) in [6.07, 6.45) is 2.36. The first kappa shape index (κ1) is 12.9. The van der Waals surface area contributed by atoms with Gasteiger partial charge in [0.2, 0.25) is 0 Å². The molecule has 0 aromatic carbocycles. The zero-order valence-corrected chi connectivity index (χ0v) is 9.14. The van der Waals surface area contributed by atoms with Crippen molar-refractivity contribution in [2.45, 2.75) is 19.8 Å². The zero-order chi connectivity index (χ0) is 9.94. The van der Waals surface area contributed by atoms with Crippen LogP contribution in [0, 0.1) is 5.92 Å². The van der Waals surface area contributed by atoms with E-state index in [1.807, 2.05) is 0 Å². The van der Waals surface area contributed by atoms with Crippen molar-refractivity contribution >= 4 is 0 Å². The molecular weight excluding hydrogens is 166 g/mol. The summed E-state index contributed by atoms with van der Waals surface area (Å²) in [5.41, 5.74) is 0. The Morgan fingerprint density at radius 1 is 1.15 bits per heavy atom. The summed E-state index contributed by atoms with van der Waals surface area (Å²) >= 11 is 0. The smallest absolute Gasteiger partial charge is 0.0587 e. The van der Waals surface area contributed by atoms with Crippen molar-refractivity contribution in [1.82, 2.24) is 5.32 Å². The minimum absolute atomic E-state index is 0.733. The molecule has 0 fully saturated rings. The minimum Gasteiger partial charge on any atom is -0.385 e. The van der Waals surface area contributed by atoms with Crippen LogP contribution in [0.5, 0.6) is 0 Å². The maximum absolute atomic E-state index is 5.05. The van der Waals surface area contributed by atoms with E-state index < -0.39 is 0 Å². The predicted molar refractivity (Wildman–Crippen MR) is 55.0 cm³/mol. The summed E-state index contributed by atoms with van der Waals surface area (Å²) in [5.74, 6) is 0.733. The molecule has 0 aromatic rings. The molecule has 0 aliphatic carbocycles. The second-order valence-corrected chi connectivity index (χ2v) is 3.25. The van der Waals surface area contributed by atoms with Gasteiger partial charge in [-0.3, -0.25) is 0 Å². The highest BCUT2D eigenvalue weighted by Crippen LogP contribution is 2.06. The monoisotopic (exact) mass is 189 g/mol. The van der Waals surface area contributed by atoms with Gasteiger partial charge in [-0.1, -0.05) is 13.3 Å². The summed E-state index contributed by atoms with van der Waals surface area (Å²) in [7, 11) is 3.48. The van der Waals surface area contributed by atoms with Crippen molar-refractivity contribution in [3.63, 3.8) is 0 Å². The van der Waals surface area contributed by atoms with E-state index in [4.69, 9.17) is 9.47 Å². The topological polar surface area (TPSA) is 30.5 Å². The third-order valence-electron chi connectivity index (χ3n) is 2.22. The van der Waals surface area contributed by atoms with E-state index in [2.05, 4.69) is 12.2 Å². The van der Waals surface area contributed by atoms with Crippen molar-refractivity contribution in [2.75, 3.05) is 40.5 Å². The van der Waals surface area contributed by atoms with Crippen LogP contribution < -0.4 is 5.32 Å². The number of nitrogens with one attached hydrogen (secondary N) is 1. The van der Waals surface area contributed by atoms with Crippen LogP contribution in [0.2, 0.25) is 0 Å². The van der Waals surface area contributed by atoms with Gasteiger partial charge in [0, 0.05) is 27.4 Å². The van der Waals surface area contributed by atoms with E-state index >= 15 is 0 Å². The second-order valence-electron chi connectivity index (χ2n) is 3.25.